The van der Waals surface area contributed by atoms with Gasteiger partial charge in [0, 0.05) is 24.6 Å². The lowest BCUT2D eigenvalue weighted by Crippen LogP contribution is -2.16. The highest BCUT2D eigenvalue weighted by atomic mass is 32.2. The smallest absolute Gasteiger partial charge is 0.276 e. The zero-order valence-electron chi connectivity index (χ0n) is 15.1. The number of thioether (sulfide) groups is 1. The quantitative estimate of drug-likeness (QED) is 0.655. The van der Waals surface area contributed by atoms with Gasteiger partial charge in [0.1, 0.15) is 12.4 Å². The highest BCUT2D eigenvalue weighted by Crippen LogP contribution is 2.23. The van der Waals surface area contributed by atoms with E-state index in [0.29, 0.717) is 23.7 Å². The van der Waals surface area contributed by atoms with Crippen LogP contribution in [0.5, 0.6) is 5.75 Å². The predicted octanol–water partition coefficient (Wildman–Crippen LogP) is 3.87. The Morgan fingerprint density at radius 1 is 1.37 bits per heavy atom. The normalized spacial score (nSPS) is 16.6. The topological polar surface area (TPSA) is 64.9 Å². The molecule has 1 amide bonds. The Bertz CT molecular complexity index is 951. The van der Waals surface area contributed by atoms with Gasteiger partial charge in [0.25, 0.3) is 5.91 Å². The molecular formula is C20H21N3O3S. The van der Waals surface area contributed by atoms with E-state index in [-0.39, 0.29) is 12.0 Å². The maximum atomic E-state index is 12.8. The van der Waals surface area contributed by atoms with E-state index in [4.69, 9.17) is 9.47 Å². The molecule has 1 aliphatic rings. The third kappa shape index (κ3) is 3.94. The highest BCUT2D eigenvalue weighted by molar-refractivity contribution is 7.98. The van der Waals surface area contributed by atoms with E-state index in [1.165, 1.54) is 11.8 Å². The summed E-state index contributed by atoms with van der Waals surface area (Å²) in [4.78, 5) is 17.3. The van der Waals surface area contributed by atoms with Crippen LogP contribution in [0.15, 0.2) is 53.8 Å². The third-order valence-corrected chi connectivity index (χ3v) is 5.12. The molecule has 7 heteroatoms. The van der Waals surface area contributed by atoms with E-state index < -0.39 is 0 Å². The number of benzene rings is 1. The molecule has 0 spiro atoms. The number of nitrogens with one attached hydrogen (secondary N) is 1. The summed E-state index contributed by atoms with van der Waals surface area (Å²) in [5.74, 6) is 0.470. The number of fused-ring (bicyclic) bond motifs is 1. The Balaban J connectivity index is 1.49. The van der Waals surface area contributed by atoms with Crippen molar-refractivity contribution in [3.8, 4) is 5.75 Å². The molecule has 1 saturated heterocycles. The van der Waals surface area contributed by atoms with Gasteiger partial charge >= 0.3 is 0 Å². The maximum absolute atomic E-state index is 12.8. The summed E-state index contributed by atoms with van der Waals surface area (Å²) in [7, 11) is 0. The van der Waals surface area contributed by atoms with Crippen LogP contribution in [0.25, 0.3) is 5.52 Å². The number of hydrogen-bond acceptors (Lipinski definition) is 5. The van der Waals surface area contributed by atoms with Crippen molar-refractivity contribution in [1.82, 2.24) is 9.38 Å². The predicted molar refractivity (Wildman–Crippen MR) is 106 cm³/mol. The number of amides is 1. The number of aromatic nitrogens is 2. The van der Waals surface area contributed by atoms with Gasteiger partial charge in [-0.1, -0.05) is 23.9 Å². The molecule has 1 N–H and O–H groups in total. The minimum atomic E-state index is -0.240. The van der Waals surface area contributed by atoms with Crippen LogP contribution in [0.1, 0.15) is 23.3 Å². The molecule has 140 valence electrons. The van der Waals surface area contributed by atoms with Crippen LogP contribution < -0.4 is 10.1 Å². The number of carbonyl (C=O) groups is 1. The Labute approximate surface area is 161 Å². The molecule has 0 bridgehead atoms. The molecule has 1 aliphatic heterocycles. The van der Waals surface area contributed by atoms with Crippen molar-refractivity contribution in [2.75, 3.05) is 24.8 Å². The Morgan fingerprint density at radius 2 is 2.30 bits per heavy atom. The Kier molecular flexibility index (Phi) is 5.31. The monoisotopic (exact) mass is 383 g/mol. The Morgan fingerprint density at radius 3 is 3.11 bits per heavy atom. The fraction of sp³-hybridized carbons (Fsp3) is 0.300. The molecule has 1 atom stereocenters. The number of carbonyl (C=O) groups excluding carboxylic acids is 1. The molecule has 1 unspecified atom stereocenters. The molecule has 0 saturated carbocycles. The van der Waals surface area contributed by atoms with Gasteiger partial charge in [-0.05, 0) is 43.4 Å². The first kappa shape index (κ1) is 17.9. The molecule has 2 aromatic heterocycles. The largest absolute Gasteiger partial charge is 0.491 e. The number of anilines is 1. The minimum absolute atomic E-state index is 0.158. The van der Waals surface area contributed by atoms with E-state index in [9.17, 15) is 4.79 Å². The number of pyridine rings is 1. The zero-order chi connectivity index (χ0) is 18.6. The van der Waals surface area contributed by atoms with Crippen LogP contribution in [0, 0.1) is 0 Å². The van der Waals surface area contributed by atoms with Crippen molar-refractivity contribution in [3.63, 3.8) is 0 Å². The molecule has 1 aromatic carbocycles. The van der Waals surface area contributed by atoms with Gasteiger partial charge in [-0.25, -0.2) is 4.98 Å². The number of ether oxygens (including phenoxy) is 2. The molecular weight excluding hydrogens is 362 g/mol. The highest BCUT2D eigenvalue weighted by Gasteiger charge is 2.18. The second kappa shape index (κ2) is 8.02. The first-order valence-electron chi connectivity index (χ1n) is 8.91. The summed E-state index contributed by atoms with van der Waals surface area (Å²) < 4.78 is 13.3. The average molecular weight is 383 g/mol. The summed E-state index contributed by atoms with van der Waals surface area (Å²) in [5, 5.41) is 3.70. The average Bonchev–Trinajstić information content (AvgIpc) is 3.34. The molecule has 3 heterocycles. The molecule has 4 rings (SSSR count). The van der Waals surface area contributed by atoms with Gasteiger partial charge in [-0.2, -0.15) is 0 Å². The van der Waals surface area contributed by atoms with Crippen LogP contribution in [0.4, 0.5) is 5.69 Å². The van der Waals surface area contributed by atoms with Gasteiger partial charge in [-0.15, -0.1) is 0 Å². The lowest BCUT2D eigenvalue weighted by Gasteiger charge is -2.12. The van der Waals surface area contributed by atoms with Crippen LogP contribution in [0.3, 0.4) is 0 Å². The number of rotatable bonds is 6. The standard InChI is InChI=1S/C20H21N3O3S/c1-27-20-22-18(17-9-2-3-10-23(17)20)19(24)21-14-6-4-7-15(12-14)26-13-16-8-5-11-25-16/h2-4,6-7,9-10,12,16H,5,8,11,13H2,1H3,(H,21,24). The van der Waals surface area contributed by atoms with Gasteiger partial charge in [-0.3, -0.25) is 9.20 Å². The summed E-state index contributed by atoms with van der Waals surface area (Å²) in [6.07, 6.45) is 6.12. The third-order valence-electron chi connectivity index (χ3n) is 4.47. The summed E-state index contributed by atoms with van der Waals surface area (Å²) in [6.45, 7) is 1.33. The van der Waals surface area contributed by atoms with Gasteiger partial charge < -0.3 is 14.8 Å². The summed E-state index contributed by atoms with van der Waals surface area (Å²) >= 11 is 1.50. The Hall–Kier alpha value is -2.51. The van der Waals surface area contributed by atoms with Gasteiger partial charge in [0.05, 0.1) is 11.6 Å². The van der Waals surface area contributed by atoms with Crippen LogP contribution in [-0.4, -0.2) is 40.9 Å². The second-order valence-corrected chi connectivity index (χ2v) is 7.10. The molecule has 3 aromatic rings. The van der Waals surface area contributed by atoms with E-state index in [1.54, 1.807) is 0 Å². The maximum Gasteiger partial charge on any atom is 0.276 e. The van der Waals surface area contributed by atoms with Crippen molar-refractivity contribution < 1.29 is 14.3 Å². The van der Waals surface area contributed by atoms with Crippen LogP contribution in [0.2, 0.25) is 0 Å². The lowest BCUT2D eigenvalue weighted by atomic mass is 10.2. The summed E-state index contributed by atoms with van der Waals surface area (Å²) in [6, 6.07) is 13.1. The molecule has 1 fully saturated rings. The van der Waals surface area contributed by atoms with E-state index >= 15 is 0 Å². The fourth-order valence-corrected chi connectivity index (χ4v) is 3.68. The lowest BCUT2D eigenvalue weighted by molar-refractivity contribution is 0.0680. The first-order valence-corrected chi connectivity index (χ1v) is 10.1. The van der Waals surface area contributed by atoms with E-state index in [1.807, 2.05) is 59.3 Å². The van der Waals surface area contributed by atoms with Gasteiger partial charge in [0.2, 0.25) is 0 Å². The fourth-order valence-electron chi connectivity index (χ4n) is 3.14. The van der Waals surface area contributed by atoms with Crippen LogP contribution in [-0.2, 0) is 4.74 Å². The van der Waals surface area contributed by atoms with E-state index in [0.717, 1.165) is 30.1 Å². The van der Waals surface area contributed by atoms with Crippen LogP contribution >= 0.6 is 11.8 Å². The number of hydrogen-bond donors (Lipinski definition) is 1. The van der Waals surface area contributed by atoms with Crippen molar-refractivity contribution in [1.29, 1.82) is 0 Å². The van der Waals surface area contributed by atoms with E-state index in [2.05, 4.69) is 10.3 Å². The minimum Gasteiger partial charge on any atom is -0.491 e. The van der Waals surface area contributed by atoms with Crippen molar-refractivity contribution in [3.05, 3.63) is 54.4 Å². The zero-order valence-corrected chi connectivity index (χ0v) is 15.9. The molecule has 6 nitrogen and oxygen atoms in total. The van der Waals surface area contributed by atoms with Crippen molar-refractivity contribution in [2.24, 2.45) is 0 Å². The number of imidazole rings is 1. The van der Waals surface area contributed by atoms with Crippen molar-refractivity contribution in [2.45, 2.75) is 24.1 Å². The number of nitrogens with zero attached hydrogens (tertiary/aromatic N) is 2. The molecule has 27 heavy (non-hydrogen) atoms. The molecule has 0 aliphatic carbocycles. The summed E-state index contributed by atoms with van der Waals surface area (Å²) in [5.41, 5.74) is 1.86. The first-order chi connectivity index (χ1) is 13.2. The second-order valence-electron chi connectivity index (χ2n) is 6.33. The molecule has 0 radical (unpaired) electrons. The van der Waals surface area contributed by atoms with Crippen molar-refractivity contribution >= 4 is 28.9 Å². The SMILES string of the molecule is CSc1nc(C(=O)Nc2cccc(OCC3CCCO3)c2)c2ccccn12. The van der Waals surface area contributed by atoms with Gasteiger partial charge in [0.15, 0.2) is 10.9 Å².